The summed E-state index contributed by atoms with van der Waals surface area (Å²) in [6.07, 6.45) is 1.34. The van der Waals surface area contributed by atoms with Gasteiger partial charge in [-0.3, -0.25) is 14.8 Å². The fraction of sp³-hybridized carbons (Fsp3) is 0. The molecular weight excluding hydrogens is 194 g/mol. The van der Waals surface area contributed by atoms with Crippen molar-refractivity contribution in [2.45, 2.75) is 0 Å². The molecule has 0 aromatic carbocycles. The van der Waals surface area contributed by atoms with Gasteiger partial charge in [0.25, 0.3) is 5.56 Å². The number of hydrogen-bond acceptors (Lipinski definition) is 3. The number of hydrogen-bond donors (Lipinski definition) is 3. The van der Waals surface area contributed by atoms with Crippen LogP contribution < -0.4 is 70.4 Å². The molecule has 2 aromatic heterocycles. The number of fused-ring (bicyclic) bond motifs is 1. The summed E-state index contributed by atoms with van der Waals surface area (Å²) in [5.41, 5.74) is -0.445. The Bertz CT molecular complexity index is 507. The number of aromatic nitrogens is 4. The first kappa shape index (κ1) is 13.2. The Labute approximate surface area is 119 Å². The molecule has 2 heterocycles. The molecule has 6 nitrogen and oxygen atoms in total. The van der Waals surface area contributed by atoms with E-state index >= 15 is 0 Å². The maximum Gasteiger partial charge on any atom is 1.00 e. The van der Waals surface area contributed by atoms with Crippen molar-refractivity contribution >= 4 is 11.2 Å². The number of imidazole rings is 1. The molecule has 8 heteroatoms. The third-order valence-electron chi connectivity index (χ3n) is 1.33. The number of nitrogens with zero attached hydrogens (tertiary/aromatic N) is 1. The zero-order valence-corrected chi connectivity index (χ0v) is 11.3. The van der Waals surface area contributed by atoms with Crippen molar-refractivity contribution in [3.8, 4) is 0 Å². The molecule has 0 aliphatic carbocycles. The second kappa shape index (κ2) is 5.14. The molecule has 0 aliphatic rings. The van der Waals surface area contributed by atoms with Crippen LogP contribution in [-0.4, -0.2) is 19.9 Å². The largest absolute Gasteiger partial charge is 1.00 e. The van der Waals surface area contributed by atoms with Gasteiger partial charge in [-0.25, -0.2) is 9.78 Å². The number of aromatic amines is 3. The van der Waals surface area contributed by atoms with Gasteiger partial charge in [0.05, 0.1) is 6.33 Å². The van der Waals surface area contributed by atoms with Crippen molar-refractivity contribution in [1.29, 1.82) is 0 Å². The van der Waals surface area contributed by atoms with E-state index < -0.39 is 11.2 Å². The fourth-order valence-corrected chi connectivity index (χ4v) is 0.867. The van der Waals surface area contributed by atoms with Crippen LogP contribution in [-0.2, 0) is 0 Å². The van der Waals surface area contributed by atoms with Crippen molar-refractivity contribution in [1.82, 2.24) is 19.9 Å². The molecule has 0 saturated heterocycles. The first-order valence-electron chi connectivity index (χ1n) is 2.93. The quantitative estimate of drug-likeness (QED) is 0.369. The second-order valence-electron chi connectivity index (χ2n) is 2.03. The van der Waals surface area contributed by atoms with Crippen LogP contribution >= 0.6 is 0 Å². The van der Waals surface area contributed by atoms with E-state index in [1.54, 1.807) is 0 Å². The third-order valence-corrected chi connectivity index (χ3v) is 1.33. The maximum absolute atomic E-state index is 10.9. The predicted octanol–water partition coefficient (Wildman–Crippen LogP) is -6.83. The van der Waals surface area contributed by atoms with Crippen LogP contribution in [0.5, 0.6) is 0 Å². The monoisotopic (exact) mass is 200 g/mol. The van der Waals surface area contributed by atoms with E-state index in [1.807, 2.05) is 0 Å². The molecule has 13 heavy (non-hydrogen) atoms. The smallest absolute Gasteiger partial charge is 1.00 e. The topological polar surface area (TPSA) is 94.4 Å². The Kier molecular flexibility index (Phi) is 5.19. The van der Waals surface area contributed by atoms with Gasteiger partial charge in [-0.05, 0) is 0 Å². The Hall–Kier alpha value is 0.150. The average molecular weight is 200 g/mol. The molecule has 0 unspecified atom stereocenters. The van der Waals surface area contributed by atoms with Gasteiger partial charge in [0.1, 0.15) is 5.52 Å². The van der Waals surface area contributed by atoms with Crippen LogP contribution in [0.25, 0.3) is 11.2 Å². The Balaban J connectivity index is -0.000000360. The van der Waals surface area contributed by atoms with Crippen LogP contribution in [0, 0.1) is 0 Å². The van der Waals surface area contributed by atoms with Crippen molar-refractivity contribution in [3.63, 3.8) is 0 Å². The standard InChI is InChI=1S/C5H4N4O2.2Na.2H/c10-4-2-3(7-1-6-2)8-5(11)9-4;;;;/h1H,(H3,6,7,8,9,10,11);;;;/q;2*+1;2*-1. The average Bonchev–Trinajstić information content (AvgIpc) is 2.34. The number of nitrogens with one attached hydrogen (secondary N) is 3. The minimum atomic E-state index is -0.547. The molecule has 3 N–H and O–H groups in total. The van der Waals surface area contributed by atoms with Crippen molar-refractivity contribution < 1.29 is 62.0 Å². The molecule has 0 spiro atoms. The number of rotatable bonds is 0. The van der Waals surface area contributed by atoms with Crippen LogP contribution in [0.15, 0.2) is 15.9 Å². The van der Waals surface area contributed by atoms with Crippen molar-refractivity contribution in [2.24, 2.45) is 0 Å². The van der Waals surface area contributed by atoms with Gasteiger partial charge < -0.3 is 7.84 Å². The molecule has 0 saturated carbocycles. The minimum Gasteiger partial charge on any atom is -1.00 e. The number of H-pyrrole nitrogens is 3. The molecular formula is C5H6N4Na2O2. The van der Waals surface area contributed by atoms with Crippen molar-refractivity contribution in [2.75, 3.05) is 0 Å². The summed E-state index contributed by atoms with van der Waals surface area (Å²) in [5, 5.41) is 0. The SMILES string of the molecule is O=c1[nH]c(=O)c2[nH]cnc2[nH]1.[H-].[H-].[Na+].[Na+]. The summed E-state index contributed by atoms with van der Waals surface area (Å²) in [6, 6.07) is 0. The van der Waals surface area contributed by atoms with E-state index in [-0.39, 0.29) is 73.1 Å². The van der Waals surface area contributed by atoms with E-state index in [2.05, 4.69) is 19.9 Å². The maximum atomic E-state index is 10.9. The molecule has 2 rings (SSSR count). The van der Waals surface area contributed by atoms with E-state index in [0.29, 0.717) is 0 Å². The molecule has 2 aromatic rings. The summed E-state index contributed by atoms with van der Waals surface area (Å²) in [6.45, 7) is 0. The zero-order chi connectivity index (χ0) is 7.84. The summed E-state index contributed by atoms with van der Waals surface area (Å²) in [5.74, 6) is 0. The second-order valence-corrected chi connectivity index (χ2v) is 2.03. The normalized spacial score (nSPS) is 8.92. The van der Waals surface area contributed by atoms with E-state index in [1.165, 1.54) is 6.33 Å². The Morgan fingerprint density at radius 2 is 1.92 bits per heavy atom. The van der Waals surface area contributed by atoms with E-state index in [0.717, 1.165) is 0 Å². The van der Waals surface area contributed by atoms with Gasteiger partial charge in [0.15, 0.2) is 5.65 Å². The molecule has 0 amide bonds. The van der Waals surface area contributed by atoms with Gasteiger partial charge >= 0.3 is 64.8 Å². The summed E-state index contributed by atoms with van der Waals surface area (Å²) in [4.78, 5) is 32.3. The summed E-state index contributed by atoms with van der Waals surface area (Å²) < 4.78 is 0. The van der Waals surface area contributed by atoms with Crippen LogP contribution in [0.4, 0.5) is 0 Å². The minimum absolute atomic E-state index is 0. The van der Waals surface area contributed by atoms with Gasteiger partial charge in [0.2, 0.25) is 0 Å². The van der Waals surface area contributed by atoms with Gasteiger partial charge in [0, 0.05) is 0 Å². The van der Waals surface area contributed by atoms with E-state index in [9.17, 15) is 9.59 Å². The van der Waals surface area contributed by atoms with Gasteiger partial charge in [-0.15, -0.1) is 0 Å². The molecule has 0 aliphatic heterocycles. The fourth-order valence-electron chi connectivity index (χ4n) is 0.867. The van der Waals surface area contributed by atoms with Gasteiger partial charge in [-0.2, -0.15) is 0 Å². The molecule has 0 bridgehead atoms. The summed E-state index contributed by atoms with van der Waals surface area (Å²) >= 11 is 0. The van der Waals surface area contributed by atoms with Crippen LogP contribution in [0.1, 0.15) is 2.85 Å². The predicted molar refractivity (Wildman–Crippen MR) is 39.6 cm³/mol. The van der Waals surface area contributed by atoms with Crippen molar-refractivity contribution in [3.05, 3.63) is 27.2 Å². The van der Waals surface area contributed by atoms with Crippen LogP contribution in [0.3, 0.4) is 0 Å². The van der Waals surface area contributed by atoms with E-state index in [4.69, 9.17) is 0 Å². The van der Waals surface area contributed by atoms with Crippen LogP contribution in [0.2, 0.25) is 0 Å². The Morgan fingerprint density at radius 3 is 2.62 bits per heavy atom. The Morgan fingerprint density at radius 1 is 1.23 bits per heavy atom. The summed E-state index contributed by atoms with van der Waals surface area (Å²) in [7, 11) is 0. The molecule has 0 fully saturated rings. The molecule has 0 atom stereocenters. The molecule has 0 radical (unpaired) electrons. The van der Waals surface area contributed by atoms with Gasteiger partial charge in [-0.1, -0.05) is 0 Å². The molecule has 60 valence electrons. The zero-order valence-electron chi connectivity index (χ0n) is 9.34. The third kappa shape index (κ3) is 2.55. The first-order chi connectivity index (χ1) is 5.27. The first-order valence-corrected chi connectivity index (χ1v) is 2.93.